The lowest BCUT2D eigenvalue weighted by Crippen LogP contribution is -2.11. The van der Waals surface area contributed by atoms with E-state index in [9.17, 15) is 9.18 Å². The third kappa shape index (κ3) is 5.17. The van der Waals surface area contributed by atoms with Crippen molar-refractivity contribution in [2.24, 2.45) is 0 Å². The molecular weight excluding hydrogens is 339 g/mol. The summed E-state index contributed by atoms with van der Waals surface area (Å²) in [6, 6.07) is 21.2. The van der Waals surface area contributed by atoms with Gasteiger partial charge in [0.1, 0.15) is 5.82 Å². The Morgan fingerprint density at radius 1 is 0.889 bits per heavy atom. The number of hydrogen-bond donors (Lipinski definition) is 2. The molecule has 1 amide bonds. The van der Waals surface area contributed by atoms with Gasteiger partial charge in [0, 0.05) is 23.5 Å². The smallest absolute Gasteiger partial charge is 0.255 e. The molecule has 0 aliphatic rings. The highest BCUT2D eigenvalue weighted by Gasteiger charge is 2.07. The Morgan fingerprint density at radius 2 is 1.59 bits per heavy atom. The van der Waals surface area contributed by atoms with Crippen LogP contribution < -0.4 is 10.6 Å². The monoisotopic (exact) mass is 362 g/mol. The lowest BCUT2D eigenvalue weighted by atomic mass is 10.0. The van der Waals surface area contributed by atoms with E-state index in [-0.39, 0.29) is 11.7 Å². The maximum atomic E-state index is 13.3. The Morgan fingerprint density at radius 3 is 2.26 bits per heavy atom. The first-order valence-electron chi connectivity index (χ1n) is 9.17. The molecule has 3 nitrogen and oxygen atoms in total. The lowest BCUT2D eigenvalue weighted by molar-refractivity contribution is 0.102. The van der Waals surface area contributed by atoms with Crippen molar-refractivity contribution in [3.63, 3.8) is 0 Å². The van der Waals surface area contributed by atoms with Crippen molar-refractivity contribution in [2.75, 3.05) is 17.2 Å². The first kappa shape index (κ1) is 18.6. The van der Waals surface area contributed by atoms with E-state index in [0.29, 0.717) is 5.56 Å². The average molecular weight is 362 g/mol. The van der Waals surface area contributed by atoms with Crippen molar-refractivity contribution in [2.45, 2.75) is 19.8 Å². The first-order valence-corrected chi connectivity index (χ1v) is 9.17. The fourth-order valence-electron chi connectivity index (χ4n) is 2.77. The summed E-state index contributed by atoms with van der Waals surface area (Å²) in [5, 5.41) is 6.24. The average Bonchev–Trinajstić information content (AvgIpc) is 2.69. The third-order valence-corrected chi connectivity index (χ3v) is 4.31. The van der Waals surface area contributed by atoms with E-state index >= 15 is 0 Å². The van der Waals surface area contributed by atoms with Crippen LogP contribution in [-0.4, -0.2) is 12.5 Å². The van der Waals surface area contributed by atoms with Gasteiger partial charge in [-0.1, -0.05) is 37.6 Å². The van der Waals surface area contributed by atoms with Gasteiger partial charge in [0.05, 0.1) is 0 Å². The van der Waals surface area contributed by atoms with Crippen molar-refractivity contribution in [1.82, 2.24) is 0 Å². The number of halogens is 1. The van der Waals surface area contributed by atoms with E-state index in [1.165, 1.54) is 12.1 Å². The van der Waals surface area contributed by atoms with Crippen molar-refractivity contribution < 1.29 is 9.18 Å². The molecule has 0 unspecified atom stereocenters. The van der Waals surface area contributed by atoms with Gasteiger partial charge in [0.15, 0.2) is 0 Å². The van der Waals surface area contributed by atoms with Crippen molar-refractivity contribution >= 4 is 17.3 Å². The number of carbonyl (C=O) groups is 1. The first-order chi connectivity index (χ1) is 13.2. The third-order valence-electron chi connectivity index (χ3n) is 4.31. The fraction of sp³-hybridized carbons (Fsp3) is 0.174. The molecule has 3 aromatic carbocycles. The maximum absolute atomic E-state index is 13.3. The lowest BCUT2D eigenvalue weighted by Gasteiger charge is -2.09. The standard InChI is InChI=1S/C23H23FN2O/c1-2-3-15-25-21-11-13-22(14-12-21)26-23(27)18-9-7-17(8-10-18)19-5-4-6-20(24)16-19/h4-14,16,25H,2-3,15H2,1H3,(H,26,27). The molecule has 0 spiro atoms. The van der Waals surface area contributed by atoms with Gasteiger partial charge in [-0.25, -0.2) is 4.39 Å². The summed E-state index contributed by atoms with van der Waals surface area (Å²) in [4.78, 5) is 12.4. The Labute approximate surface area is 159 Å². The van der Waals surface area contributed by atoms with Crippen LogP contribution in [0.25, 0.3) is 11.1 Å². The van der Waals surface area contributed by atoms with Gasteiger partial charge in [0.2, 0.25) is 0 Å². The Bertz CT molecular complexity index is 889. The van der Waals surface area contributed by atoms with Crippen LogP contribution in [0.15, 0.2) is 72.8 Å². The van der Waals surface area contributed by atoms with Crippen LogP contribution >= 0.6 is 0 Å². The molecule has 27 heavy (non-hydrogen) atoms. The summed E-state index contributed by atoms with van der Waals surface area (Å²) in [5.41, 5.74) is 4.00. The van der Waals surface area contributed by atoms with Gasteiger partial charge in [-0.15, -0.1) is 0 Å². The highest BCUT2D eigenvalue weighted by Crippen LogP contribution is 2.21. The summed E-state index contributed by atoms with van der Waals surface area (Å²) < 4.78 is 13.3. The second-order valence-corrected chi connectivity index (χ2v) is 6.40. The van der Waals surface area contributed by atoms with E-state index in [4.69, 9.17) is 0 Å². The van der Waals surface area contributed by atoms with Gasteiger partial charge in [0.25, 0.3) is 5.91 Å². The predicted molar refractivity (Wildman–Crippen MR) is 110 cm³/mol. The topological polar surface area (TPSA) is 41.1 Å². The number of unbranched alkanes of at least 4 members (excludes halogenated alkanes) is 1. The van der Waals surface area contributed by atoms with Crippen molar-refractivity contribution in [1.29, 1.82) is 0 Å². The molecule has 0 heterocycles. The van der Waals surface area contributed by atoms with Crippen LogP contribution in [0.1, 0.15) is 30.1 Å². The zero-order chi connectivity index (χ0) is 19.1. The van der Waals surface area contributed by atoms with Gasteiger partial charge in [-0.3, -0.25) is 4.79 Å². The van der Waals surface area contributed by atoms with Crippen LogP contribution in [0.2, 0.25) is 0 Å². The molecule has 0 atom stereocenters. The largest absolute Gasteiger partial charge is 0.385 e. The minimum Gasteiger partial charge on any atom is -0.385 e. The summed E-state index contributed by atoms with van der Waals surface area (Å²) in [6.07, 6.45) is 2.28. The predicted octanol–water partition coefficient (Wildman–Crippen LogP) is 5.96. The maximum Gasteiger partial charge on any atom is 0.255 e. The number of rotatable bonds is 7. The van der Waals surface area contributed by atoms with Gasteiger partial charge in [-0.05, 0) is 66.1 Å². The highest BCUT2D eigenvalue weighted by molar-refractivity contribution is 6.04. The van der Waals surface area contributed by atoms with E-state index in [2.05, 4.69) is 17.6 Å². The molecular formula is C23H23FN2O. The van der Waals surface area contributed by atoms with Crippen molar-refractivity contribution in [3.05, 3.63) is 84.2 Å². The second kappa shape index (κ2) is 8.99. The molecule has 0 bridgehead atoms. The Hall–Kier alpha value is -3.14. The number of amides is 1. The number of hydrogen-bond acceptors (Lipinski definition) is 2. The van der Waals surface area contributed by atoms with Crippen LogP contribution in [0, 0.1) is 5.82 Å². The van der Waals surface area contributed by atoms with E-state index in [0.717, 1.165) is 41.9 Å². The number of carbonyl (C=O) groups excluding carboxylic acids is 1. The molecule has 0 saturated heterocycles. The number of benzene rings is 3. The van der Waals surface area contributed by atoms with Crippen LogP contribution in [-0.2, 0) is 0 Å². The molecule has 3 aromatic rings. The van der Waals surface area contributed by atoms with E-state index in [1.807, 2.05) is 42.5 Å². The second-order valence-electron chi connectivity index (χ2n) is 6.40. The zero-order valence-electron chi connectivity index (χ0n) is 15.3. The molecule has 4 heteroatoms. The summed E-state index contributed by atoms with van der Waals surface area (Å²) in [7, 11) is 0. The molecule has 0 aliphatic heterocycles. The minimum absolute atomic E-state index is 0.174. The number of anilines is 2. The van der Waals surface area contributed by atoms with Gasteiger partial charge in [-0.2, -0.15) is 0 Å². The van der Waals surface area contributed by atoms with E-state index in [1.54, 1.807) is 18.2 Å². The summed E-state index contributed by atoms with van der Waals surface area (Å²) in [5.74, 6) is -0.450. The normalized spacial score (nSPS) is 10.4. The van der Waals surface area contributed by atoms with Crippen LogP contribution in [0.3, 0.4) is 0 Å². The Kier molecular flexibility index (Phi) is 6.21. The van der Waals surface area contributed by atoms with E-state index < -0.39 is 0 Å². The highest BCUT2D eigenvalue weighted by atomic mass is 19.1. The summed E-state index contributed by atoms with van der Waals surface area (Å²) in [6.45, 7) is 3.10. The quantitative estimate of drug-likeness (QED) is 0.509. The molecule has 2 N–H and O–H groups in total. The van der Waals surface area contributed by atoms with Gasteiger partial charge < -0.3 is 10.6 Å². The molecule has 0 fully saturated rings. The minimum atomic E-state index is -0.276. The SMILES string of the molecule is CCCCNc1ccc(NC(=O)c2ccc(-c3cccc(F)c3)cc2)cc1. The molecule has 0 aliphatic carbocycles. The summed E-state index contributed by atoms with van der Waals surface area (Å²) >= 11 is 0. The molecule has 3 rings (SSSR count). The van der Waals surface area contributed by atoms with Crippen LogP contribution in [0.5, 0.6) is 0 Å². The van der Waals surface area contributed by atoms with Gasteiger partial charge >= 0.3 is 0 Å². The fourth-order valence-corrected chi connectivity index (χ4v) is 2.77. The molecule has 0 radical (unpaired) electrons. The zero-order valence-corrected chi connectivity index (χ0v) is 15.3. The number of nitrogens with one attached hydrogen (secondary N) is 2. The Balaban J connectivity index is 1.62. The molecule has 138 valence electrons. The van der Waals surface area contributed by atoms with Crippen LogP contribution in [0.4, 0.5) is 15.8 Å². The molecule has 0 aromatic heterocycles. The van der Waals surface area contributed by atoms with Crippen molar-refractivity contribution in [3.8, 4) is 11.1 Å². The molecule has 0 saturated carbocycles.